The van der Waals surface area contributed by atoms with E-state index in [2.05, 4.69) is 5.32 Å². The third-order valence-electron chi connectivity index (χ3n) is 3.44. The highest BCUT2D eigenvalue weighted by molar-refractivity contribution is 5.92. The zero-order chi connectivity index (χ0) is 15.4. The fraction of sp³-hybridized carbons (Fsp3) is 0.833. The molecule has 0 aliphatic carbocycles. The molecule has 1 aliphatic heterocycles. The van der Waals surface area contributed by atoms with Crippen LogP contribution in [0.5, 0.6) is 0 Å². The maximum Gasteiger partial charge on any atom is 0.389 e. The average Bonchev–Trinajstić information content (AvgIpc) is 2.79. The average molecular weight is 296 g/mol. The molecule has 116 valence electrons. The smallest absolute Gasteiger partial charge is 0.382 e. The molecule has 0 aromatic heterocycles. The largest absolute Gasteiger partial charge is 0.389 e. The van der Waals surface area contributed by atoms with Crippen molar-refractivity contribution in [2.24, 2.45) is 0 Å². The number of amides is 2. The summed E-state index contributed by atoms with van der Waals surface area (Å²) in [5, 5.41) is 2.45. The zero-order valence-corrected chi connectivity index (χ0v) is 11.5. The third kappa shape index (κ3) is 3.62. The highest BCUT2D eigenvalue weighted by atomic mass is 19.4. The van der Waals surface area contributed by atoms with E-state index >= 15 is 0 Å². The summed E-state index contributed by atoms with van der Waals surface area (Å²) in [6.07, 6.45) is -5.26. The molecule has 0 aromatic rings. The summed E-state index contributed by atoms with van der Waals surface area (Å²) in [6.45, 7) is 0.248. The minimum Gasteiger partial charge on any atom is -0.382 e. The Morgan fingerprint density at radius 2 is 2.05 bits per heavy atom. The van der Waals surface area contributed by atoms with Gasteiger partial charge < -0.3 is 15.0 Å². The van der Waals surface area contributed by atoms with Crippen molar-refractivity contribution in [1.82, 2.24) is 10.2 Å². The molecular weight excluding hydrogens is 277 g/mol. The number of ether oxygens (including phenoxy) is 1. The molecule has 2 amide bonds. The quantitative estimate of drug-likeness (QED) is 0.826. The number of methoxy groups -OCH3 is 1. The number of carbonyl (C=O) groups excluding carboxylic acids is 2. The molecule has 0 bridgehead atoms. The van der Waals surface area contributed by atoms with Crippen molar-refractivity contribution >= 4 is 11.8 Å². The molecule has 0 saturated carbocycles. The molecule has 1 heterocycles. The lowest BCUT2D eigenvalue weighted by molar-refractivity contribution is -0.156. The van der Waals surface area contributed by atoms with Crippen molar-refractivity contribution in [3.05, 3.63) is 0 Å². The van der Waals surface area contributed by atoms with Gasteiger partial charge in [0.15, 0.2) is 0 Å². The van der Waals surface area contributed by atoms with Crippen LogP contribution in [0, 0.1) is 0 Å². The molecule has 1 saturated heterocycles. The first-order valence-corrected chi connectivity index (χ1v) is 6.35. The monoisotopic (exact) mass is 296 g/mol. The second-order valence-electron chi connectivity index (χ2n) is 4.81. The van der Waals surface area contributed by atoms with E-state index < -0.39 is 36.4 Å². The lowest BCUT2D eigenvalue weighted by atomic mass is 9.95. The minimum absolute atomic E-state index is 0.0234. The fourth-order valence-corrected chi connectivity index (χ4v) is 2.55. The number of carbonyl (C=O) groups is 2. The van der Waals surface area contributed by atoms with Gasteiger partial charge in [-0.15, -0.1) is 0 Å². The Morgan fingerprint density at radius 3 is 2.55 bits per heavy atom. The molecule has 1 N–H and O–H groups in total. The van der Waals surface area contributed by atoms with E-state index in [1.165, 1.54) is 19.1 Å². The van der Waals surface area contributed by atoms with E-state index in [-0.39, 0.29) is 13.2 Å². The van der Waals surface area contributed by atoms with Crippen LogP contribution in [0.1, 0.15) is 25.7 Å². The molecule has 20 heavy (non-hydrogen) atoms. The van der Waals surface area contributed by atoms with Crippen molar-refractivity contribution in [2.75, 3.05) is 27.3 Å². The van der Waals surface area contributed by atoms with Gasteiger partial charge in [0.1, 0.15) is 5.54 Å². The summed E-state index contributed by atoms with van der Waals surface area (Å²) < 4.78 is 41.6. The van der Waals surface area contributed by atoms with Crippen molar-refractivity contribution in [1.29, 1.82) is 0 Å². The summed E-state index contributed by atoms with van der Waals surface area (Å²) in [5.41, 5.74) is -1.19. The SMILES string of the molecule is CNC(=O)C1(COC)CCCN1C(=O)CCC(F)(F)F. The normalized spacial score (nSPS) is 22.9. The third-order valence-corrected chi connectivity index (χ3v) is 3.44. The van der Waals surface area contributed by atoms with Crippen LogP contribution in [0.15, 0.2) is 0 Å². The maximum absolute atomic E-state index is 12.2. The standard InChI is InChI=1S/C12H19F3N2O3/c1-16-10(19)11(8-20-2)5-3-7-17(11)9(18)4-6-12(13,14)15/h3-8H2,1-2H3,(H,16,19). The van der Waals surface area contributed by atoms with Crippen LogP contribution in [0.3, 0.4) is 0 Å². The summed E-state index contributed by atoms with van der Waals surface area (Å²) >= 11 is 0. The van der Waals surface area contributed by atoms with Gasteiger partial charge in [-0.1, -0.05) is 0 Å². The van der Waals surface area contributed by atoms with Gasteiger partial charge >= 0.3 is 6.18 Å². The number of nitrogens with zero attached hydrogens (tertiary/aromatic N) is 1. The van der Waals surface area contributed by atoms with E-state index in [1.54, 1.807) is 0 Å². The first-order chi connectivity index (χ1) is 9.27. The Morgan fingerprint density at radius 1 is 1.40 bits per heavy atom. The highest BCUT2D eigenvalue weighted by Gasteiger charge is 2.49. The van der Waals surface area contributed by atoms with Gasteiger partial charge in [0, 0.05) is 27.1 Å². The molecule has 1 unspecified atom stereocenters. The maximum atomic E-state index is 12.2. The van der Waals surface area contributed by atoms with E-state index in [0.29, 0.717) is 12.8 Å². The molecule has 0 aromatic carbocycles. The number of nitrogens with one attached hydrogen (secondary N) is 1. The first kappa shape index (κ1) is 16.7. The topological polar surface area (TPSA) is 58.6 Å². The molecule has 1 aliphatic rings. The number of halogens is 3. The highest BCUT2D eigenvalue weighted by Crippen LogP contribution is 2.32. The van der Waals surface area contributed by atoms with Crippen LogP contribution >= 0.6 is 0 Å². The van der Waals surface area contributed by atoms with Crippen LogP contribution in [0.2, 0.25) is 0 Å². The van der Waals surface area contributed by atoms with Gasteiger partial charge in [-0.25, -0.2) is 0 Å². The van der Waals surface area contributed by atoms with Crippen molar-refractivity contribution in [3.8, 4) is 0 Å². The molecule has 1 fully saturated rings. The van der Waals surface area contributed by atoms with Crippen LogP contribution in [-0.4, -0.2) is 55.7 Å². The second-order valence-corrected chi connectivity index (χ2v) is 4.81. The number of alkyl halides is 3. The van der Waals surface area contributed by atoms with Gasteiger partial charge in [0.05, 0.1) is 13.0 Å². The van der Waals surface area contributed by atoms with E-state index in [9.17, 15) is 22.8 Å². The summed E-state index contributed by atoms with van der Waals surface area (Å²) in [4.78, 5) is 25.3. The van der Waals surface area contributed by atoms with Crippen molar-refractivity contribution in [3.63, 3.8) is 0 Å². The Kier molecular flexibility index (Phi) is 5.38. The number of hydrogen-bond acceptors (Lipinski definition) is 3. The predicted molar refractivity (Wildman–Crippen MR) is 64.9 cm³/mol. The lowest BCUT2D eigenvalue weighted by Gasteiger charge is -2.36. The Balaban J connectivity index is 2.85. The fourth-order valence-electron chi connectivity index (χ4n) is 2.55. The predicted octanol–water partition coefficient (Wildman–Crippen LogP) is 1.08. The van der Waals surface area contributed by atoms with Gasteiger partial charge in [-0.3, -0.25) is 9.59 Å². The minimum atomic E-state index is -4.38. The number of likely N-dealkylation sites (N-methyl/N-ethyl adjacent to an activating group) is 1. The first-order valence-electron chi connectivity index (χ1n) is 6.35. The second kappa shape index (κ2) is 6.43. The van der Waals surface area contributed by atoms with E-state index in [0.717, 1.165) is 0 Å². The lowest BCUT2D eigenvalue weighted by Crippen LogP contribution is -2.59. The molecule has 0 spiro atoms. The molecular formula is C12H19F3N2O3. The van der Waals surface area contributed by atoms with Gasteiger partial charge in [0.2, 0.25) is 11.8 Å². The number of rotatable bonds is 5. The van der Waals surface area contributed by atoms with Crippen LogP contribution in [0.4, 0.5) is 13.2 Å². The van der Waals surface area contributed by atoms with Gasteiger partial charge in [-0.2, -0.15) is 13.2 Å². The Hall–Kier alpha value is -1.31. The van der Waals surface area contributed by atoms with E-state index in [1.807, 2.05) is 0 Å². The molecule has 1 atom stereocenters. The van der Waals surface area contributed by atoms with Crippen LogP contribution < -0.4 is 5.32 Å². The van der Waals surface area contributed by atoms with Crippen LogP contribution in [-0.2, 0) is 14.3 Å². The van der Waals surface area contributed by atoms with Crippen molar-refractivity contribution < 1.29 is 27.5 Å². The molecule has 1 rings (SSSR count). The van der Waals surface area contributed by atoms with Gasteiger partial charge in [0.25, 0.3) is 0 Å². The molecule has 5 nitrogen and oxygen atoms in total. The number of hydrogen-bond donors (Lipinski definition) is 1. The zero-order valence-electron chi connectivity index (χ0n) is 11.5. The summed E-state index contributed by atoms with van der Waals surface area (Å²) in [6, 6.07) is 0. The van der Waals surface area contributed by atoms with Crippen molar-refractivity contribution in [2.45, 2.75) is 37.4 Å². The van der Waals surface area contributed by atoms with Crippen LogP contribution in [0.25, 0.3) is 0 Å². The number of likely N-dealkylation sites (tertiary alicyclic amines) is 1. The summed E-state index contributed by atoms with van der Waals surface area (Å²) in [5.74, 6) is -1.07. The van der Waals surface area contributed by atoms with E-state index in [4.69, 9.17) is 4.74 Å². The Bertz CT molecular complexity index is 373. The Labute approximate surface area is 115 Å². The summed E-state index contributed by atoms with van der Waals surface area (Å²) in [7, 11) is 2.82. The molecule has 8 heteroatoms. The van der Waals surface area contributed by atoms with Gasteiger partial charge in [-0.05, 0) is 12.8 Å². The molecule has 0 radical (unpaired) electrons.